The van der Waals surface area contributed by atoms with Gasteiger partial charge in [0, 0.05) is 17.6 Å². The predicted octanol–water partition coefficient (Wildman–Crippen LogP) is 3.10. The van der Waals surface area contributed by atoms with E-state index in [-0.39, 0.29) is 17.3 Å². The maximum absolute atomic E-state index is 11.0. The Morgan fingerprint density at radius 2 is 2.37 bits per heavy atom. The van der Waals surface area contributed by atoms with Gasteiger partial charge in [-0.25, -0.2) is 4.98 Å². The number of nitro groups is 1. The summed E-state index contributed by atoms with van der Waals surface area (Å²) in [7, 11) is 0. The van der Waals surface area contributed by atoms with E-state index in [4.69, 9.17) is 5.26 Å². The fourth-order valence-electron chi connectivity index (χ4n) is 1.62. The molecule has 2 aromatic rings. The lowest BCUT2D eigenvalue weighted by Gasteiger charge is -2.12. The summed E-state index contributed by atoms with van der Waals surface area (Å²) in [5, 5.41) is 25.5. The maximum atomic E-state index is 11.0. The zero-order valence-electron chi connectivity index (χ0n) is 10.0. The molecule has 1 N–H and O–H groups in total. The smallest absolute Gasteiger partial charge is 0.293 e. The zero-order chi connectivity index (χ0) is 13.8. The number of aromatic nitrogens is 1. The number of hydrogen-bond acceptors (Lipinski definition) is 6. The van der Waals surface area contributed by atoms with Crippen molar-refractivity contribution >= 4 is 22.7 Å². The van der Waals surface area contributed by atoms with Crippen LogP contribution in [0, 0.1) is 21.4 Å². The number of rotatable bonds is 4. The minimum absolute atomic E-state index is 0.109. The Kier molecular flexibility index (Phi) is 3.73. The molecule has 0 aliphatic carbocycles. The Labute approximate surface area is 113 Å². The molecule has 0 saturated carbocycles. The number of anilines is 1. The second-order valence-corrected chi connectivity index (χ2v) is 4.76. The van der Waals surface area contributed by atoms with E-state index >= 15 is 0 Å². The molecule has 0 fully saturated rings. The van der Waals surface area contributed by atoms with Gasteiger partial charge in [-0.3, -0.25) is 10.1 Å². The van der Waals surface area contributed by atoms with Crippen molar-refractivity contribution in [1.29, 1.82) is 5.26 Å². The fraction of sp³-hybridized carbons (Fsp3) is 0.167. The fourth-order valence-corrected chi connectivity index (χ4v) is 2.26. The molecule has 2 rings (SSSR count). The number of nitrogens with zero attached hydrogens (tertiary/aromatic N) is 3. The van der Waals surface area contributed by atoms with E-state index in [0.29, 0.717) is 5.69 Å². The highest BCUT2D eigenvalue weighted by atomic mass is 32.1. The first-order valence-corrected chi connectivity index (χ1v) is 6.34. The molecule has 0 saturated heterocycles. The minimum Gasteiger partial charge on any atom is -0.371 e. The van der Waals surface area contributed by atoms with Gasteiger partial charge in [-0.2, -0.15) is 5.26 Å². The number of hydrogen-bond donors (Lipinski definition) is 1. The third kappa shape index (κ3) is 2.86. The summed E-state index contributed by atoms with van der Waals surface area (Å²) in [5.74, 6) is 0. The van der Waals surface area contributed by atoms with Gasteiger partial charge in [-0.15, -0.1) is 11.3 Å². The van der Waals surface area contributed by atoms with Crippen LogP contribution in [-0.2, 0) is 0 Å². The number of nitriles is 1. The normalized spacial score (nSPS) is 11.6. The van der Waals surface area contributed by atoms with Crippen molar-refractivity contribution in [3.8, 4) is 6.07 Å². The van der Waals surface area contributed by atoms with E-state index in [2.05, 4.69) is 10.3 Å². The van der Waals surface area contributed by atoms with E-state index in [1.807, 2.05) is 18.4 Å². The van der Waals surface area contributed by atoms with Gasteiger partial charge in [0.1, 0.15) is 10.7 Å². The first-order chi connectivity index (χ1) is 9.11. The molecule has 1 aromatic carbocycles. The van der Waals surface area contributed by atoms with Crippen molar-refractivity contribution < 1.29 is 4.92 Å². The van der Waals surface area contributed by atoms with Gasteiger partial charge in [0.05, 0.1) is 22.6 Å². The lowest BCUT2D eigenvalue weighted by atomic mass is 10.1. The highest BCUT2D eigenvalue weighted by Crippen LogP contribution is 2.29. The Hall–Kier alpha value is -2.46. The van der Waals surface area contributed by atoms with Crippen LogP contribution < -0.4 is 5.32 Å². The summed E-state index contributed by atoms with van der Waals surface area (Å²) < 4.78 is 0. The predicted molar refractivity (Wildman–Crippen MR) is 72.0 cm³/mol. The molecule has 0 aliphatic rings. The van der Waals surface area contributed by atoms with Crippen LogP contribution in [-0.4, -0.2) is 9.91 Å². The van der Waals surface area contributed by atoms with Crippen LogP contribution in [0.3, 0.4) is 0 Å². The van der Waals surface area contributed by atoms with E-state index in [1.54, 1.807) is 18.3 Å². The standard InChI is InChI=1S/C12H10N4O2S/c1-8(12-14-4-5-19-12)15-10-3-2-9(7-13)6-11(10)16(17)18/h2-6,8,15H,1H3. The number of benzene rings is 1. The van der Waals surface area contributed by atoms with Crippen molar-refractivity contribution in [3.05, 3.63) is 50.5 Å². The molecule has 0 spiro atoms. The largest absolute Gasteiger partial charge is 0.371 e. The van der Waals surface area contributed by atoms with Gasteiger partial charge in [0.15, 0.2) is 0 Å². The number of nitro benzene ring substituents is 1. The monoisotopic (exact) mass is 274 g/mol. The van der Waals surface area contributed by atoms with E-state index in [0.717, 1.165) is 5.01 Å². The van der Waals surface area contributed by atoms with Gasteiger partial charge < -0.3 is 5.32 Å². The van der Waals surface area contributed by atoms with E-state index in [9.17, 15) is 10.1 Å². The molecule has 1 heterocycles. The van der Waals surface area contributed by atoms with Gasteiger partial charge in [0.25, 0.3) is 5.69 Å². The first kappa shape index (κ1) is 13.0. The van der Waals surface area contributed by atoms with Gasteiger partial charge in [-0.1, -0.05) is 0 Å². The van der Waals surface area contributed by atoms with Crippen LogP contribution in [0.1, 0.15) is 23.5 Å². The summed E-state index contributed by atoms with van der Waals surface area (Å²) in [6, 6.07) is 6.10. The summed E-state index contributed by atoms with van der Waals surface area (Å²) >= 11 is 1.48. The molecule has 0 aliphatic heterocycles. The molecule has 0 amide bonds. The topological polar surface area (TPSA) is 91.8 Å². The SMILES string of the molecule is CC(Nc1ccc(C#N)cc1[N+](=O)[O-])c1nccs1. The van der Waals surface area contributed by atoms with Gasteiger partial charge >= 0.3 is 0 Å². The molecular formula is C12H10N4O2S. The lowest BCUT2D eigenvalue weighted by molar-refractivity contribution is -0.384. The van der Waals surface area contributed by atoms with Gasteiger partial charge in [-0.05, 0) is 19.1 Å². The maximum Gasteiger partial charge on any atom is 0.293 e. The lowest BCUT2D eigenvalue weighted by Crippen LogP contribution is -2.08. The molecule has 1 aromatic heterocycles. The number of nitrogens with one attached hydrogen (secondary N) is 1. The summed E-state index contributed by atoms with van der Waals surface area (Å²) in [6.45, 7) is 1.88. The van der Waals surface area contributed by atoms with Crippen molar-refractivity contribution in [2.45, 2.75) is 13.0 Å². The molecular weight excluding hydrogens is 264 g/mol. The molecule has 19 heavy (non-hydrogen) atoms. The van der Waals surface area contributed by atoms with Crippen molar-refractivity contribution in [2.24, 2.45) is 0 Å². The Balaban J connectivity index is 2.30. The van der Waals surface area contributed by atoms with Crippen LogP contribution in [0.2, 0.25) is 0 Å². The highest BCUT2D eigenvalue weighted by molar-refractivity contribution is 7.09. The number of thiazole rings is 1. The molecule has 0 radical (unpaired) electrons. The van der Waals surface area contributed by atoms with Crippen molar-refractivity contribution in [1.82, 2.24) is 4.98 Å². The second kappa shape index (κ2) is 5.46. The molecule has 0 bridgehead atoms. The molecule has 6 nitrogen and oxygen atoms in total. The molecule has 96 valence electrons. The molecule has 1 atom stereocenters. The highest BCUT2D eigenvalue weighted by Gasteiger charge is 2.17. The van der Waals surface area contributed by atoms with Crippen molar-refractivity contribution in [3.63, 3.8) is 0 Å². The molecule has 7 heteroatoms. The Morgan fingerprint density at radius 1 is 1.58 bits per heavy atom. The van der Waals surface area contributed by atoms with Crippen LogP contribution in [0.15, 0.2) is 29.8 Å². The van der Waals surface area contributed by atoms with Crippen LogP contribution in [0.25, 0.3) is 0 Å². The van der Waals surface area contributed by atoms with E-state index < -0.39 is 4.92 Å². The summed E-state index contributed by atoms with van der Waals surface area (Å²) in [6.07, 6.45) is 1.69. The quantitative estimate of drug-likeness (QED) is 0.683. The van der Waals surface area contributed by atoms with Gasteiger partial charge in [0.2, 0.25) is 0 Å². The average Bonchev–Trinajstić information content (AvgIpc) is 2.92. The van der Waals surface area contributed by atoms with Crippen LogP contribution in [0.4, 0.5) is 11.4 Å². The Bertz CT molecular complexity index is 634. The van der Waals surface area contributed by atoms with E-state index in [1.165, 1.54) is 17.4 Å². The zero-order valence-corrected chi connectivity index (χ0v) is 10.8. The second-order valence-electron chi connectivity index (χ2n) is 3.84. The summed E-state index contributed by atoms with van der Waals surface area (Å²) in [5.41, 5.74) is 0.535. The third-order valence-corrected chi connectivity index (χ3v) is 3.48. The molecule has 1 unspecified atom stereocenters. The Morgan fingerprint density at radius 3 is 2.95 bits per heavy atom. The van der Waals surface area contributed by atoms with Crippen molar-refractivity contribution in [2.75, 3.05) is 5.32 Å². The van der Waals surface area contributed by atoms with Crippen LogP contribution >= 0.6 is 11.3 Å². The average molecular weight is 274 g/mol. The van der Waals surface area contributed by atoms with Crippen LogP contribution in [0.5, 0.6) is 0 Å². The summed E-state index contributed by atoms with van der Waals surface area (Å²) in [4.78, 5) is 14.7. The minimum atomic E-state index is -0.502. The first-order valence-electron chi connectivity index (χ1n) is 5.46. The third-order valence-electron chi connectivity index (χ3n) is 2.52.